The minimum absolute atomic E-state index is 0.101. The molecule has 1 N–H and O–H groups in total. The number of hydrogen-bond donors (Lipinski definition) is 1. The molecule has 4 rings (SSSR count). The second kappa shape index (κ2) is 7.03. The predicted octanol–water partition coefficient (Wildman–Crippen LogP) is 3.03. The SMILES string of the molecule is CCc1ccc(-c2nn(CC(=O)Nc3cnn(C)n3)c3ccccc23)cc1. The molecule has 0 aliphatic carbocycles. The van der Waals surface area contributed by atoms with Crippen LogP contribution in [-0.4, -0.2) is 30.7 Å². The maximum absolute atomic E-state index is 12.4. The molecule has 0 radical (unpaired) electrons. The largest absolute Gasteiger partial charge is 0.306 e. The smallest absolute Gasteiger partial charge is 0.247 e. The van der Waals surface area contributed by atoms with Crippen LogP contribution in [0.1, 0.15) is 12.5 Å². The molecular weight excluding hydrogens is 340 g/mol. The maximum atomic E-state index is 12.4. The lowest BCUT2D eigenvalue weighted by atomic mass is 10.1. The Morgan fingerprint density at radius 1 is 1.07 bits per heavy atom. The summed E-state index contributed by atoms with van der Waals surface area (Å²) in [6.45, 7) is 2.24. The van der Waals surface area contributed by atoms with Gasteiger partial charge in [0.25, 0.3) is 0 Å². The fraction of sp³-hybridized carbons (Fsp3) is 0.200. The molecule has 0 unspecified atom stereocenters. The molecule has 7 nitrogen and oxygen atoms in total. The van der Waals surface area contributed by atoms with Gasteiger partial charge in [-0.3, -0.25) is 9.48 Å². The Labute approximate surface area is 156 Å². The monoisotopic (exact) mass is 360 g/mol. The van der Waals surface area contributed by atoms with E-state index in [1.807, 2.05) is 24.3 Å². The lowest BCUT2D eigenvalue weighted by Gasteiger charge is -2.03. The van der Waals surface area contributed by atoms with Crippen molar-refractivity contribution in [3.8, 4) is 11.3 Å². The fourth-order valence-corrected chi connectivity index (χ4v) is 3.08. The molecular formula is C20H20N6O. The first-order valence-corrected chi connectivity index (χ1v) is 8.85. The summed E-state index contributed by atoms with van der Waals surface area (Å²) in [6.07, 6.45) is 2.51. The van der Waals surface area contributed by atoms with Crippen molar-refractivity contribution in [3.05, 3.63) is 60.3 Å². The topological polar surface area (TPSA) is 77.6 Å². The highest BCUT2D eigenvalue weighted by molar-refractivity contribution is 5.95. The van der Waals surface area contributed by atoms with Gasteiger partial charge in [-0.2, -0.15) is 15.0 Å². The Hall–Kier alpha value is -3.48. The number of benzene rings is 2. The van der Waals surface area contributed by atoms with Crippen molar-refractivity contribution in [2.24, 2.45) is 7.05 Å². The van der Waals surface area contributed by atoms with Crippen molar-refractivity contribution in [2.45, 2.75) is 19.9 Å². The molecule has 0 aliphatic heterocycles. The molecule has 2 aromatic carbocycles. The Balaban J connectivity index is 1.65. The van der Waals surface area contributed by atoms with Crippen molar-refractivity contribution in [2.75, 3.05) is 5.32 Å². The number of anilines is 1. The van der Waals surface area contributed by atoms with Crippen LogP contribution in [0, 0.1) is 0 Å². The van der Waals surface area contributed by atoms with Crippen LogP contribution in [0.15, 0.2) is 54.7 Å². The summed E-state index contributed by atoms with van der Waals surface area (Å²) < 4.78 is 1.73. The first-order valence-electron chi connectivity index (χ1n) is 8.85. The number of amides is 1. The standard InChI is InChI=1S/C20H20N6O/c1-3-14-8-10-15(11-9-14)20-16-6-4-5-7-17(16)26(24-20)13-19(27)22-18-12-21-25(2)23-18/h4-12H,3,13H2,1-2H3,(H,22,23,27). The van der Waals surface area contributed by atoms with Crippen LogP contribution in [0.3, 0.4) is 0 Å². The maximum Gasteiger partial charge on any atom is 0.247 e. The van der Waals surface area contributed by atoms with Gasteiger partial charge in [0.05, 0.1) is 11.7 Å². The van der Waals surface area contributed by atoms with E-state index < -0.39 is 0 Å². The van der Waals surface area contributed by atoms with E-state index in [0.717, 1.165) is 28.6 Å². The molecule has 1 amide bonds. The molecule has 2 heterocycles. The van der Waals surface area contributed by atoms with Crippen LogP contribution < -0.4 is 5.32 Å². The molecule has 136 valence electrons. The van der Waals surface area contributed by atoms with Gasteiger partial charge in [0.2, 0.25) is 5.91 Å². The van der Waals surface area contributed by atoms with Crippen molar-refractivity contribution in [1.82, 2.24) is 24.8 Å². The number of aromatic nitrogens is 5. The zero-order chi connectivity index (χ0) is 18.8. The lowest BCUT2D eigenvalue weighted by molar-refractivity contribution is -0.116. The summed E-state index contributed by atoms with van der Waals surface area (Å²) in [5, 5.41) is 16.5. The number of para-hydroxylation sites is 1. The van der Waals surface area contributed by atoms with Crippen LogP contribution in [-0.2, 0) is 24.8 Å². The average molecular weight is 360 g/mol. The Bertz CT molecular complexity index is 1090. The predicted molar refractivity (Wildman–Crippen MR) is 104 cm³/mol. The third-order valence-corrected chi connectivity index (χ3v) is 4.45. The highest BCUT2D eigenvalue weighted by atomic mass is 16.2. The van der Waals surface area contributed by atoms with E-state index in [2.05, 4.69) is 46.7 Å². The van der Waals surface area contributed by atoms with Gasteiger partial charge >= 0.3 is 0 Å². The molecule has 0 atom stereocenters. The van der Waals surface area contributed by atoms with Crippen molar-refractivity contribution < 1.29 is 4.79 Å². The normalized spacial score (nSPS) is 11.0. The molecule has 0 saturated heterocycles. The van der Waals surface area contributed by atoms with Gasteiger partial charge in [-0.1, -0.05) is 49.4 Å². The molecule has 27 heavy (non-hydrogen) atoms. The van der Waals surface area contributed by atoms with Gasteiger partial charge in [0.15, 0.2) is 5.82 Å². The molecule has 7 heteroatoms. The van der Waals surface area contributed by atoms with E-state index in [1.54, 1.807) is 11.7 Å². The summed E-state index contributed by atoms with van der Waals surface area (Å²) in [7, 11) is 1.70. The number of fused-ring (bicyclic) bond motifs is 1. The van der Waals surface area contributed by atoms with Crippen LogP contribution in [0.25, 0.3) is 22.2 Å². The van der Waals surface area contributed by atoms with Crippen molar-refractivity contribution >= 4 is 22.6 Å². The number of nitrogens with zero attached hydrogens (tertiary/aromatic N) is 5. The first-order chi connectivity index (χ1) is 13.1. The third-order valence-electron chi connectivity index (χ3n) is 4.45. The van der Waals surface area contributed by atoms with Crippen LogP contribution >= 0.6 is 0 Å². The molecule has 0 aliphatic rings. The van der Waals surface area contributed by atoms with Crippen molar-refractivity contribution in [1.29, 1.82) is 0 Å². The van der Waals surface area contributed by atoms with E-state index in [-0.39, 0.29) is 12.5 Å². The number of nitrogens with one attached hydrogen (secondary N) is 1. The molecule has 0 spiro atoms. The summed E-state index contributed by atoms with van der Waals surface area (Å²) >= 11 is 0. The molecule has 0 saturated carbocycles. The average Bonchev–Trinajstić information content (AvgIpc) is 3.25. The van der Waals surface area contributed by atoms with Crippen LogP contribution in [0.2, 0.25) is 0 Å². The first kappa shape index (κ1) is 17.0. The summed E-state index contributed by atoms with van der Waals surface area (Å²) in [5.41, 5.74) is 4.12. The molecule has 2 aromatic heterocycles. The van der Waals surface area contributed by atoms with Gasteiger partial charge in [-0.15, -0.1) is 5.10 Å². The minimum atomic E-state index is -0.198. The lowest BCUT2D eigenvalue weighted by Crippen LogP contribution is -2.19. The zero-order valence-electron chi connectivity index (χ0n) is 15.3. The van der Waals surface area contributed by atoms with Crippen molar-refractivity contribution in [3.63, 3.8) is 0 Å². The Morgan fingerprint density at radius 2 is 1.85 bits per heavy atom. The molecule has 0 fully saturated rings. The number of hydrogen-bond acceptors (Lipinski definition) is 4. The van der Waals surface area contributed by atoms with E-state index in [1.165, 1.54) is 16.6 Å². The van der Waals surface area contributed by atoms with Gasteiger partial charge in [-0.25, -0.2) is 0 Å². The third kappa shape index (κ3) is 3.44. The fourth-order valence-electron chi connectivity index (χ4n) is 3.08. The summed E-state index contributed by atoms with van der Waals surface area (Å²) in [5.74, 6) is 0.228. The van der Waals surface area contributed by atoms with E-state index in [9.17, 15) is 4.79 Å². The molecule has 0 bridgehead atoms. The van der Waals surface area contributed by atoms with E-state index in [4.69, 9.17) is 5.10 Å². The summed E-state index contributed by atoms with van der Waals surface area (Å²) in [4.78, 5) is 13.8. The minimum Gasteiger partial charge on any atom is -0.306 e. The van der Waals surface area contributed by atoms with E-state index >= 15 is 0 Å². The highest BCUT2D eigenvalue weighted by Crippen LogP contribution is 2.28. The van der Waals surface area contributed by atoms with Crippen LogP contribution in [0.4, 0.5) is 5.82 Å². The summed E-state index contributed by atoms with van der Waals surface area (Å²) in [6, 6.07) is 16.3. The quantitative estimate of drug-likeness (QED) is 0.593. The molecule has 4 aromatic rings. The zero-order valence-corrected chi connectivity index (χ0v) is 15.3. The van der Waals surface area contributed by atoms with Gasteiger partial charge < -0.3 is 5.32 Å². The number of carbonyl (C=O) groups is 1. The van der Waals surface area contributed by atoms with Gasteiger partial charge in [0.1, 0.15) is 12.2 Å². The number of rotatable bonds is 5. The Morgan fingerprint density at radius 3 is 2.56 bits per heavy atom. The van der Waals surface area contributed by atoms with E-state index in [0.29, 0.717) is 5.82 Å². The van der Waals surface area contributed by atoms with Crippen LogP contribution in [0.5, 0.6) is 0 Å². The highest BCUT2D eigenvalue weighted by Gasteiger charge is 2.15. The Kier molecular flexibility index (Phi) is 4.42. The van der Waals surface area contributed by atoms with Gasteiger partial charge in [0, 0.05) is 18.0 Å². The second-order valence-electron chi connectivity index (χ2n) is 6.34. The van der Waals surface area contributed by atoms with Gasteiger partial charge in [-0.05, 0) is 18.1 Å². The number of aryl methyl sites for hydroxylation is 2. The number of carbonyl (C=O) groups excluding carboxylic acids is 1. The second-order valence-corrected chi connectivity index (χ2v) is 6.34.